The van der Waals surface area contributed by atoms with Crippen molar-refractivity contribution >= 4 is 62.3 Å². The molecule has 0 saturated carbocycles. The summed E-state index contributed by atoms with van der Waals surface area (Å²) in [5.41, 5.74) is 6.88. The third-order valence-corrected chi connectivity index (χ3v) is 5.28. The molecular formula is C13H9Cl2N3S2. The van der Waals surface area contributed by atoms with E-state index in [4.69, 9.17) is 28.9 Å². The number of thioether (sulfide) groups is 1. The molecule has 3 aromatic rings. The van der Waals surface area contributed by atoms with Crippen molar-refractivity contribution in [3.63, 3.8) is 0 Å². The van der Waals surface area contributed by atoms with Gasteiger partial charge in [0.2, 0.25) is 0 Å². The fourth-order valence-corrected chi connectivity index (χ4v) is 3.86. The van der Waals surface area contributed by atoms with Gasteiger partial charge in [-0.05, 0) is 23.1 Å². The van der Waals surface area contributed by atoms with Gasteiger partial charge in [0.1, 0.15) is 10.6 Å². The molecule has 0 amide bonds. The van der Waals surface area contributed by atoms with E-state index in [0.717, 1.165) is 15.8 Å². The van der Waals surface area contributed by atoms with E-state index in [1.165, 1.54) is 11.8 Å². The highest BCUT2D eigenvalue weighted by Gasteiger charge is 2.09. The summed E-state index contributed by atoms with van der Waals surface area (Å²) in [6.07, 6.45) is 0. The Labute approximate surface area is 134 Å². The summed E-state index contributed by atoms with van der Waals surface area (Å²) in [5.74, 6) is 1.16. The summed E-state index contributed by atoms with van der Waals surface area (Å²) in [5, 5.41) is 4.64. The van der Waals surface area contributed by atoms with Crippen molar-refractivity contribution < 1.29 is 0 Å². The molecule has 0 aliphatic rings. The number of anilines is 1. The lowest BCUT2D eigenvalue weighted by Gasteiger charge is -2.05. The predicted molar refractivity (Wildman–Crippen MR) is 87.9 cm³/mol. The standard InChI is InChI=1S/C13H9Cl2N3S2/c14-9-3-1-2-7(10(9)15)6-20-13-17-11(16)8-4-5-19-12(8)18-13/h1-5H,6H2,(H2,16,17,18). The van der Waals surface area contributed by atoms with Crippen LogP contribution in [0.5, 0.6) is 0 Å². The number of hydrogen-bond donors (Lipinski definition) is 1. The molecule has 3 nitrogen and oxygen atoms in total. The SMILES string of the molecule is Nc1nc(SCc2cccc(Cl)c2Cl)nc2sccc12. The van der Waals surface area contributed by atoms with Crippen LogP contribution in [-0.2, 0) is 5.75 Å². The summed E-state index contributed by atoms with van der Waals surface area (Å²) in [6, 6.07) is 7.51. The molecule has 0 bridgehead atoms. The van der Waals surface area contributed by atoms with Crippen LogP contribution in [0.1, 0.15) is 5.56 Å². The van der Waals surface area contributed by atoms with Gasteiger partial charge in [-0.3, -0.25) is 0 Å². The Morgan fingerprint density at radius 3 is 2.90 bits per heavy atom. The van der Waals surface area contributed by atoms with E-state index in [0.29, 0.717) is 26.8 Å². The highest BCUT2D eigenvalue weighted by Crippen LogP contribution is 2.31. The van der Waals surface area contributed by atoms with Gasteiger partial charge in [0.15, 0.2) is 5.16 Å². The van der Waals surface area contributed by atoms with Crippen molar-refractivity contribution in [3.05, 3.63) is 45.3 Å². The Balaban J connectivity index is 1.84. The lowest BCUT2D eigenvalue weighted by Crippen LogP contribution is -1.95. The van der Waals surface area contributed by atoms with Crippen molar-refractivity contribution in [2.75, 3.05) is 5.73 Å². The average molecular weight is 342 g/mol. The Bertz CT molecular complexity index is 773. The number of benzene rings is 1. The third-order valence-electron chi connectivity index (χ3n) is 2.72. The number of thiophene rings is 1. The van der Waals surface area contributed by atoms with Crippen LogP contribution >= 0.6 is 46.3 Å². The monoisotopic (exact) mass is 341 g/mol. The van der Waals surface area contributed by atoms with Gasteiger partial charge in [0.05, 0.1) is 15.4 Å². The van der Waals surface area contributed by atoms with Gasteiger partial charge in [0.25, 0.3) is 0 Å². The normalized spacial score (nSPS) is 11.1. The number of nitrogens with zero attached hydrogens (tertiary/aromatic N) is 2. The maximum Gasteiger partial charge on any atom is 0.191 e. The molecule has 7 heteroatoms. The van der Waals surface area contributed by atoms with Gasteiger partial charge in [-0.2, -0.15) is 0 Å². The second-order valence-corrected chi connectivity index (χ2v) is 6.65. The highest BCUT2D eigenvalue weighted by atomic mass is 35.5. The molecule has 2 heterocycles. The fraction of sp³-hybridized carbons (Fsp3) is 0.0769. The first-order chi connectivity index (χ1) is 9.65. The largest absolute Gasteiger partial charge is 0.383 e. The fourth-order valence-electron chi connectivity index (χ4n) is 1.72. The zero-order chi connectivity index (χ0) is 14.1. The van der Waals surface area contributed by atoms with E-state index in [9.17, 15) is 0 Å². The molecule has 2 aromatic heterocycles. The van der Waals surface area contributed by atoms with Crippen LogP contribution < -0.4 is 5.73 Å². The molecule has 2 N–H and O–H groups in total. The third kappa shape index (κ3) is 2.72. The Hall–Kier alpha value is -1.01. The van der Waals surface area contributed by atoms with Crippen molar-refractivity contribution in [1.82, 2.24) is 9.97 Å². The quantitative estimate of drug-likeness (QED) is 0.545. The van der Waals surface area contributed by atoms with Crippen molar-refractivity contribution in [3.8, 4) is 0 Å². The van der Waals surface area contributed by atoms with E-state index < -0.39 is 0 Å². The molecule has 0 aliphatic carbocycles. The Kier molecular flexibility index (Phi) is 4.03. The van der Waals surface area contributed by atoms with Gasteiger partial charge in [-0.1, -0.05) is 47.1 Å². The summed E-state index contributed by atoms with van der Waals surface area (Å²) < 4.78 is 0. The number of rotatable bonds is 3. The first-order valence-corrected chi connectivity index (χ1v) is 8.33. The molecule has 0 radical (unpaired) electrons. The average Bonchev–Trinajstić information content (AvgIpc) is 2.89. The van der Waals surface area contributed by atoms with E-state index >= 15 is 0 Å². The lowest BCUT2D eigenvalue weighted by atomic mass is 10.2. The van der Waals surface area contributed by atoms with E-state index in [1.807, 2.05) is 23.6 Å². The molecule has 0 atom stereocenters. The van der Waals surface area contributed by atoms with Crippen LogP contribution in [0.3, 0.4) is 0 Å². The second-order valence-electron chi connectivity index (χ2n) is 4.03. The molecule has 3 rings (SSSR count). The van der Waals surface area contributed by atoms with Crippen molar-refractivity contribution in [1.29, 1.82) is 0 Å². The number of aromatic nitrogens is 2. The molecule has 0 aliphatic heterocycles. The summed E-state index contributed by atoms with van der Waals surface area (Å²) in [4.78, 5) is 9.68. The van der Waals surface area contributed by atoms with Crippen LogP contribution in [0.15, 0.2) is 34.8 Å². The smallest absolute Gasteiger partial charge is 0.191 e. The molecule has 0 spiro atoms. The maximum atomic E-state index is 6.16. The minimum absolute atomic E-state index is 0.510. The van der Waals surface area contributed by atoms with Crippen LogP contribution in [0.4, 0.5) is 5.82 Å². The highest BCUT2D eigenvalue weighted by molar-refractivity contribution is 7.98. The predicted octanol–water partition coefficient (Wildman–Crippen LogP) is 4.87. The zero-order valence-corrected chi connectivity index (χ0v) is 13.3. The van der Waals surface area contributed by atoms with Gasteiger partial charge < -0.3 is 5.73 Å². The van der Waals surface area contributed by atoms with Gasteiger partial charge in [0, 0.05) is 5.75 Å². The summed E-state index contributed by atoms with van der Waals surface area (Å²) >= 11 is 15.2. The first kappa shape index (κ1) is 13.9. The van der Waals surface area contributed by atoms with Crippen molar-refractivity contribution in [2.45, 2.75) is 10.9 Å². The molecule has 20 heavy (non-hydrogen) atoms. The number of halogens is 2. The zero-order valence-electron chi connectivity index (χ0n) is 10.1. The van der Waals surface area contributed by atoms with Crippen LogP contribution in [0, 0.1) is 0 Å². The maximum absolute atomic E-state index is 6.16. The second kappa shape index (κ2) is 5.77. The van der Waals surface area contributed by atoms with Gasteiger partial charge in [-0.15, -0.1) is 11.3 Å². The Morgan fingerprint density at radius 2 is 2.05 bits per heavy atom. The van der Waals surface area contributed by atoms with Crippen molar-refractivity contribution in [2.24, 2.45) is 0 Å². The first-order valence-electron chi connectivity index (χ1n) is 5.71. The van der Waals surface area contributed by atoms with Crippen LogP contribution in [-0.4, -0.2) is 9.97 Å². The van der Waals surface area contributed by atoms with Crippen LogP contribution in [0.25, 0.3) is 10.2 Å². The number of fused-ring (bicyclic) bond motifs is 1. The summed E-state index contributed by atoms with van der Waals surface area (Å²) in [6.45, 7) is 0. The molecule has 1 aromatic carbocycles. The molecular weight excluding hydrogens is 333 g/mol. The molecule has 0 saturated heterocycles. The molecule has 102 valence electrons. The van der Waals surface area contributed by atoms with E-state index in [1.54, 1.807) is 17.4 Å². The van der Waals surface area contributed by atoms with E-state index in [-0.39, 0.29) is 0 Å². The minimum Gasteiger partial charge on any atom is -0.383 e. The van der Waals surface area contributed by atoms with Crippen LogP contribution in [0.2, 0.25) is 10.0 Å². The van der Waals surface area contributed by atoms with Gasteiger partial charge in [-0.25, -0.2) is 9.97 Å². The summed E-state index contributed by atoms with van der Waals surface area (Å²) in [7, 11) is 0. The van der Waals surface area contributed by atoms with E-state index in [2.05, 4.69) is 9.97 Å². The number of nitrogen functional groups attached to an aromatic ring is 1. The number of hydrogen-bond acceptors (Lipinski definition) is 5. The molecule has 0 unspecified atom stereocenters. The Morgan fingerprint density at radius 1 is 1.20 bits per heavy atom. The topological polar surface area (TPSA) is 51.8 Å². The van der Waals surface area contributed by atoms with Gasteiger partial charge >= 0.3 is 0 Å². The molecule has 0 fully saturated rings. The lowest BCUT2D eigenvalue weighted by molar-refractivity contribution is 1.02. The minimum atomic E-state index is 0.510. The number of nitrogens with two attached hydrogens (primary N) is 1.